The number of anilines is 1. The van der Waals surface area contributed by atoms with E-state index in [1.165, 1.54) is 17.4 Å². The van der Waals surface area contributed by atoms with E-state index in [-0.39, 0.29) is 0 Å². The minimum Gasteiger partial charge on any atom is -0.370 e. The molecule has 92 valence electrons. The van der Waals surface area contributed by atoms with Crippen molar-refractivity contribution in [2.24, 2.45) is 0 Å². The van der Waals surface area contributed by atoms with E-state index in [1.807, 2.05) is 6.07 Å². The summed E-state index contributed by atoms with van der Waals surface area (Å²) in [6, 6.07) is 8.31. The molecule has 2 heterocycles. The molecule has 4 rings (SSSR count). The normalized spacial score (nSPS) is 14.1. The van der Waals surface area contributed by atoms with Gasteiger partial charge in [-0.15, -0.1) is 10.2 Å². The van der Waals surface area contributed by atoms with Crippen LogP contribution < -0.4 is 4.90 Å². The molecule has 0 saturated heterocycles. The van der Waals surface area contributed by atoms with Gasteiger partial charge in [0, 0.05) is 29.9 Å². The lowest BCUT2D eigenvalue weighted by molar-refractivity contribution is 1.01. The van der Waals surface area contributed by atoms with Crippen molar-refractivity contribution < 1.29 is 0 Å². The van der Waals surface area contributed by atoms with E-state index in [0.29, 0.717) is 0 Å². The van der Waals surface area contributed by atoms with Crippen LogP contribution in [0.5, 0.6) is 0 Å². The van der Waals surface area contributed by atoms with Gasteiger partial charge in [0.25, 0.3) is 0 Å². The fraction of sp³-hybridized carbons (Fsp3) is 0.133. The molecule has 0 radical (unpaired) electrons. The monoisotopic (exact) mass is 248 g/mol. The lowest BCUT2D eigenvalue weighted by Gasteiger charge is -2.26. The average Bonchev–Trinajstić information content (AvgIpc) is 2.47. The third kappa shape index (κ3) is 1.37. The van der Waals surface area contributed by atoms with Crippen LogP contribution in [0.4, 0.5) is 5.69 Å². The second kappa shape index (κ2) is 3.75. The Morgan fingerprint density at radius 1 is 1.11 bits per heavy atom. The average molecular weight is 248 g/mol. The van der Waals surface area contributed by atoms with Crippen LogP contribution in [-0.4, -0.2) is 28.8 Å². The minimum atomic E-state index is 0.872. The van der Waals surface area contributed by atoms with Gasteiger partial charge in [-0.1, -0.05) is 36.4 Å². The van der Waals surface area contributed by atoms with Crippen molar-refractivity contribution in [3.63, 3.8) is 0 Å². The molecule has 3 aromatic rings. The molecule has 0 N–H and O–H groups in total. The topological polar surface area (TPSA) is 41.9 Å². The molecule has 0 unspecified atom stereocenters. The maximum Gasteiger partial charge on any atom is 0.138 e. The van der Waals surface area contributed by atoms with Crippen molar-refractivity contribution >= 4 is 33.6 Å². The number of rotatable bonds is 0. The maximum atomic E-state index is 4.43. The molecule has 0 bridgehead atoms. The lowest BCUT2D eigenvalue weighted by Crippen LogP contribution is -2.21. The zero-order chi connectivity index (χ0) is 12.8. The summed E-state index contributed by atoms with van der Waals surface area (Å²) in [5.41, 5.74) is 4.16. The van der Waals surface area contributed by atoms with Crippen LogP contribution in [0.1, 0.15) is 5.56 Å². The van der Waals surface area contributed by atoms with Gasteiger partial charge >= 0.3 is 0 Å². The number of benzene rings is 2. The van der Waals surface area contributed by atoms with Gasteiger partial charge in [0.2, 0.25) is 0 Å². The highest BCUT2D eigenvalue weighted by atomic mass is 15.1. The first-order valence-corrected chi connectivity index (χ1v) is 6.26. The van der Waals surface area contributed by atoms with E-state index in [9.17, 15) is 0 Å². The quantitative estimate of drug-likeness (QED) is 0.573. The number of nitrogens with zero attached hydrogens (tertiary/aromatic N) is 4. The molecule has 0 spiro atoms. The van der Waals surface area contributed by atoms with Gasteiger partial charge in [0.1, 0.15) is 17.4 Å². The molecule has 0 aliphatic carbocycles. The standard InChI is InChI=1S/C15H12N4/c1-19-8-4-7-12-13-14(18-17-9-16-13)10-5-2-3-6-11(10)15(12)19/h2-7,9H,8H2,1H3. The maximum absolute atomic E-state index is 4.43. The number of hydrogen-bond acceptors (Lipinski definition) is 4. The smallest absolute Gasteiger partial charge is 0.138 e. The van der Waals surface area contributed by atoms with Crippen LogP contribution in [0.25, 0.3) is 27.9 Å². The van der Waals surface area contributed by atoms with Gasteiger partial charge in [-0.3, -0.25) is 0 Å². The van der Waals surface area contributed by atoms with Crippen LogP contribution >= 0.6 is 0 Å². The predicted molar refractivity (Wildman–Crippen MR) is 77.1 cm³/mol. The third-order valence-corrected chi connectivity index (χ3v) is 3.61. The van der Waals surface area contributed by atoms with Crippen LogP contribution in [0.2, 0.25) is 0 Å². The third-order valence-electron chi connectivity index (χ3n) is 3.61. The summed E-state index contributed by atoms with van der Waals surface area (Å²) < 4.78 is 0. The zero-order valence-electron chi connectivity index (χ0n) is 10.5. The van der Waals surface area contributed by atoms with E-state index in [4.69, 9.17) is 0 Å². The van der Waals surface area contributed by atoms with Crippen molar-refractivity contribution in [3.8, 4) is 0 Å². The molecule has 1 aliphatic heterocycles. The van der Waals surface area contributed by atoms with Gasteiger partial charge < -0.3 is 4.90 Å². The summed E-state index contributed by atoms with van der Waals surface area (Å²) in [6.07, 6.45) is 5.80. The first-order valence-electron chi connectivity index (χ1n) is 6.26. The summed E-state index contributed by atoms with van der Waals surface area (Å²) >= 11 is 0. The Labute approximate surface area is 110 Å². The Hall–Kier alpha value is -2.49. The molecule has 19 heavy (non-hydrogen) atoms. The van der Waals surface area contributed by atoms with E-state index < -0.39 is 0 Å². The van der Waals surface area contributed by atoms with Crippen LogP contribution in [0.15, 0.2) is 36.7 Å². The van der Waals surface area contributed by atoms with Gasteiger partial charge in [0.05, 0.1) is 5.69 Å². The Morgan fingerprint density at radius 2 is 1.95 bits per heavy atom. The van der Waals surface area contributed by atoms with E-state index in [1.54, 1.807) is 0 Å². The van der Waals surface area contributed by atoms with Crippen LogP contribution in [0, 0.1) is 0 Å². The summed E-state index contributed by atoms with van der Waals surface area (Å²) in [7, 11) is 2.11. The first-order chi connectivity index (χ1) is 9.36. The Kier molecular flexibility index (Phi) is 2.06. The second-order valence-electron chi connectivity index (χ2n) is 4.75. The summed E-state index contributed by atoms with van der Waals surface area (Å²) in [4.78, 5) is 6.68. The number of hydrogen-bond donors (Lipinski definition) is 0. The van der Waals surface area contributed by atoms with Crippen molar-refractivity contribution in [3.05, 3.63) is 42.2 Å². The summed E-state index contributed by atoms with van der Waals surface area (Å²) in [5.74, 6) is 0. The van der Waals surface area contributed by atoms with Crippen LogP contribution in [0.3, 0.4) is 0 Å². The molecule has 0 fully saturated rings. The Morgan fingerprint density at radius 3 is 2.84 bits per heavy atom. The summed E-state index contributed by atoms with van der Waals surface area (Å²) in [6.45, 7) is 0.918. The highest BCUT2D eigenvalue weighted by molar-refractivity contribution is 6.15. The van der Waals surface area contributed by atoms with Crippen molar-refractivity contribution in [1.82, 2.24) is 15.2 Å². The fourth-order valence-electron chi connectivity index (χ4n) is 2.80. The molecule has 1 aromatic heterocycles. The molecule has 2 aromatic carbocycles. The van der Waals surface area contributed by atoms with E-state index in [2.05, 4.69) is 57.5 Å². The SMILES string of the molecule is CN1CC=Cc2c1c1ccccc1c1nncnc21. The van der Waals surface area contributed by atoms with Crippen molar-refractivity contribution in [2.45, 2.75) is 0 Å². The zero-order valence-corrected chi connectivity index (χ0v) is 10.5. The highest BCUT2D eigenvalue weighted by Crippen LogP contribution is 2.38. The largest absolute Gasteiger partial charge is 0.370 e. The first kappa shape index (κ1) is 10.4. The number of fused-ring (bicyclic) bond motifs is 6. The molecule has 4 heteroatoms. The summed E-state index contributed by atoms with van der Waals surface area (Å²) in [5, 5.41) is 10.5. The number of likely N-dealkylation sites (N-methyl/N-ethyl adjacent to an activating group) is 1. The van der Waals surface area contributed by atoms with Gasteiger partial charge in [-0.25, -0.2) is 4.98 Å². The lowest BCUT2D eigenvalue weighted by atomic mass is 9.98. The van der Waals surface area contributed by atoms with Gasteiger partial charge in [-0.05, 0) is 0 Å². The molecular formula is C15H12N4. The second-order valence-corrected chi connectivity index (χ2v) is 4.75. The molecule has 4 nitrogen and oxygen atoms in total. The van der Waals surface area contributed by atoms with Crippen molar-refractivity contribution in [1.29, 1.82) is 0 Å². The predicted octanol–water partition coefficient (Wildman–Crippen LogP) is 2.64. The van der Waals surface area contributed by atoms with E-state index >= 15 is 0 Å². The molecular weight excluding hydrogens is 236 g/mol. The number of aromatic nitrogens is 3. The Bertz CT molecular complexity index is 823. The molecule has 0 amide bonds. The minimum absolute atomic E-state index is 0.872. The highest BCUT2D eigenvalue weighted by Gasteiger charge is 2.19. The van der Waals surface area contributed by atoms with Crippen LogP contribution in [-0.2, 0) is 0 Å². The molecule has 0 atom stereocenters. The van der Waals surface area contributed by atoms with Gasteiger partial charge in [-0.2, -0.15) is 0 Å². The molecule has 0 saturated carbocycles. The molecule has 1 aliphatic rings. The van der Waals surface area contributed by atoms with E-state index in [0.717, 1.165) is 28.5 Å². The van der Waals surface area contributed by atoms with Crippen molar-refractivity contribution in [2.75, 3.05) is 18.5 Å². The Balaban J connectivity index is 2.32. The van der Waals surface area contributed by atoms with Gasteiger partial charge in [0.15, 0.2) is 0 Å². The fourth-order valence-corrected chi connectivity index (χ4v) is 2.80.